The summed E-state index contributed by atoms with van der Waals surface area (Å²) in [7, 11) is 0. The molecule has 6 heteroatoms. The molecule has 3 aromatic rings. The van der Waals surface area contributed by atoms with E-state index in [-0.39, 0.29) is 17.3 Å². The predicted molar refractivity (Wildman–Crippen MR) is 94.4 cm³/mol. The van der Waals surface area contributed by atoms with E-state index in [1.54, 1.807) is 18.3 Å². The van der Waals surface area contributed by atoms with Crippen molar-refractivity contribution in [2.45, 2.75) is 19.3 Å². The zero-order valence-electron chi connectivity index (χ0n) is 13.6. The number of halogens is 1. The summed E-state index contributed by atoms with van der Waals surface area (Å²) < 4.78 is 13.3. The van der Waals surface area contributed by atoms with Gasteiger partial charge in [-0.05, 0) is 49.6 Å². The van der Waals surface area contributed by atoms with Crippen LogP contribution >= 0.6 is 0 Å². The zero-order chi connectivity index (χ0) is 17.6. The van der Waals surface area contributed by atoms with Crippen LogP contribution in [0, 0.1) is 5.82 Å². The molecule has 0 amide bonds. The van der Waals surface area contributed by atoms with Gasteiger partial charge in [-0.1, -0.05) is 0 Å². The molecular formula is C19H18FN3O2. The van der Waals surface area contributed by atoms with Crippen molar-refractivity contribution in [3.63, 3.8) is 0 Å². The summed E-state index contributed by atoms with van der Waals surface area (Å²) in [5.41, 5.74) is 2.41. The first-order valence-corrected chi connectivity index (χ1v) is 8.09. The number of nitrogens with one attached hydrogen (secondary N) is 1. The minimum atomic E-state index is -0.298. The van der Waals surface area contributed by atoms with E-state index in [1.807, 2.05) is 6.07 Å². The highest BCUT2D eigenvalue weighted by atomic mass is 19.1. The van der Waals surface area contributed by atoms with Gasteiger partial charge in [0, 0.05) is 35.6 Å². The highest BCUT2D eigenvalue weighted by molar-refractivity contribution is 5.90. The van der Waals surface area contributed by atoms with Crippen molar-refractivity contribution in [2.75, 3.05) is 11.9 Å². The van der Waals surface area contributed by atoms with Crippen molar-refractivity contribution in [2.24, 2.45) is 0 Å². The molecule has 0 aliphatic carbocycles. The number of pyridine rings is 2. The number of hydrogen-bond donors (Lipinski definition) is 2. The molecule has 5 nitrogen and oxygen atoms in total. The van der Waals surface area contributed by atoms with Crippen LogP contribution in [0.25, 0.3) is 10.9 Å². The Morgan fingerprint density at radius 3 is 2.88 bits per heavy atom. The molecular weight excluding hydrogens is 321 g/mol. The summed E-state index contributed by atoms with van der Waals surface area (Å²) in [5.74, 6) is -0.394. The lowest BCUT2D eigenvalue weighted by molar-refractivity contribution is 0.111. The van der Waals surface area contributed by atoms with Crippen LogP contribution in [0.2, 0.25) is 0 Å². The Bertz CT molecular complexity index is 899. The molecule has 3 rings (SSSR count). The van der Waals surface area contributed by atoms with Crippen LogP contribution < -0.4 is 5.32 Å². The van der Waals surface area contributed by atoms with Crippen LogP contribution in [-0.2, 0) is 6.42 Å². The lowest BCUT2D eigenvalue weighted by Crippen LogP contribution is -2.03. The first-order valence-electron chi connectivity index (χ1n) is 8.09. The quantitative estimate of drug-likeness (QED) is 0.507. The fraction of sp³-hybridized carbons (Fsp3) is 0.211. The molecule has 2 aromatic heterocycles. The molecule has 0 saturated heterocycles. The molecule has 0 aliphatic rings. The van der Waals surface area contributed by atoms with Crippen LogP contribution in [0.5, 0.6) is 5.75 Å². The van der Waals surface area contributed by atoms with Gasteiger partial charge in [-0.25, -0.2) is 9.37 Å². The van der Waals surface area contributed by atoms with Crippen LogP contribution in [0.1, 0.15) is 29.0 Å². The van der Waals surface area contributed by atoms with Gasteiger partial charge in [-0.2, -0.15) is 0 Å². The number of aryl methyl sites for hydroxylation is 1. The Morgan fingerprint density at radius 1 is 1.16 bits per heavy atom. The topological polar surface area (TPSA) is 75.1 Å². The molecule has 1 aromatic carbocycles. The molecule has 0 atom stereocenters. The van der Waals surface area contributed by atoms with E-state index in [0.717, 1.165) is 42.6 Å². The molecule has 25 heavy (non-hydrogen) atoms. The molecule has 0 saturated carbocycles. The highest BCUT2D eigenvalue weighted by Crippen LogP contribution is 2.22. The number of fused-ring (bicyclic) bond motifs is 1. The van der Waals surface area contributed by atoms with E-state index >= 15 is 0 Å². The first kappa shape index (κ1) is 16.8. The van der Waals surface area contributed by atoms with Crippen LogP contribution in [0.15, 0.2) is 42.6 Å². The highest BCUT2D eigenvalue weighted by Gasteiger charge is 2.05. The van der Waals surface area contributed by atoms with E-state index in [4.69, 9.17) is 0 Å². The van der Waals surface area contributed by atoms with Gasteiger partial charge < -0.3 is 10.4 Å². The van der Waals surface area contributed by atoms with Crippen molar-refractivity contribution < 1.29 is 14.3 Å². The fourth-order valence-corrected chi connectivity index (χ4v) is 2.67. The Morgan fingerprint density at radius 2 is 2.04 bits per heavy atom. The maximum atomic E-state index is 13.3. The minimum absolute atomic E-state index is 0.0751. The van der Waals surface area contributed by atoms with Crippen molar-refractivity contribution in [1.82, 2.24) is 9.97 Å². The van der Waals surface area contributed by atoms with E-state index < -0.39 is 0 Å². The summed E-state index contributed by atoms with van der Waals surface area (Å²) in [6.07, 6.45) is 4.74. The molecule has 0 aliphatic heterocycles. The third-order valence-electron chi connectivity index (χ3n) is 3.95. The van der Waals surface area contributed by atoms with Crippen molar-refractivity contribution >= 4 is 22.9 Å². The normalized spacial score (nSPS) is 10.8. The van der Waals surface area contributed by atoms with Crippen molar-refractivity contribution in [3.8, 4) is 5.75 Å². The Hall–Kier alpha value is -3.02. The van der Waals surface area contributed by atoms with E-state index in [9.17, 15) is 14.3 Å². The lowest BCUT2D eigenvalue weighted by Gasteiger charge is -2.09. The maximum Gasteiger partial charge on any atom is 0.172 e. The average Bonchev–Trinajstić information content (AvgIpc) is 2.62. The van der Waals surface area contributed by atoms with E-state index in [2.05, 4.69) is 15.3 Å². The number of unbranched alkanes of at least 4 members (excludes halogenated alkanes) is 1. The molecule has 0 unspecified atom stereocenters. The third kappa shape index (κ3) is 4.09. The van der Waals surface area contributed by atoms with Gasteiger partial charge in [0.05, 0.1) is 5.52 Å². The molecule has 2 N–H and O–H groups in total. The number of aromatic nitrogens is 2. The second kappa shape index (κ2) is 7.70. The summed E-state index contributed by atoms with van der Waals surface area (Å²) in [6, 6.07) is 9.66. The molecule has 0 radical (unpaired) electrons. The predicted octanol–water partition coefficient (Wildman–Crippen LogP) is 3.72. The first-order chi connectivity index (χ1) is 12.2. The maximum absolute atomic E-state index is 13.3. The van der Waals surface area contributed by atoms with Crippen molar-refractivity contribution in [1.29, 1.82) is 0 Å². The fourth-order valence-electron chi connectivity index (χ4n) is 2.67. The Balaban J connectivity index is 1.53. The number of carbonyl (C=O) groups excluding carboxylic acids is 1. The monoisotopic (exact) mass is 339 g/mol. The summed E-state index contributed by atoms with van der Waals surface area (Å²) in [5, 5.41) is 13.7. The molecule has 2 heterocycles. The number of benzene rings is 1. The smallest absolute Gasteiger partial charge is 0.172 e. The summed E-state index contributed by atoms with van der Waals surface area (Å²) >= 11 is 0. The summed E-state index contributed by atoms with van der Waals surface area (Å²) in [6.45, 7) is 0.759. The minimum Gasteiger partial charge on any atom is -0.506 e. The van der Waals surface area contributed by atoms with Crippen molar-refractivity contribution in [3.05, 3.63) is 59.8 Å². The Labute approximate surface area is 144 Å². The molecule has 0 fully saturated rings. The van der Waals surface area contributed by atoms with Gasteiger partial charge in [0.1, 0.15) is 17.3 Å². The second-order valence-electron chi connectivity index (χ2n) is 5.73. The van der Waals surface area contributed by atoms with Crippen LogP contribution in [0.3, 0.4) is 0 Å². The summed E-state index contributed by atoms with van der Waals surface area (Å²) in [4.78, 5) is 19.1. The zero-order valence-corrected chi connectivity index (χ0v) is 13.6. The lowest BCUT2D eigenvalue weighted by atomic mass is 10.1. The second-order valence-corrected chi connectivity index (χ2v) is 5.73. The Kier molecular flexibility index (Phi) is 5.18. The van der Waals surface area contributed by atoms with Gasteiger partial charge in [0.2, 0.25) is 0 Å². The third-order valence-corrected chi connectivity index (χ3v) is 3.95. The van der Waals surface area contributed by atoms with Gasteiger partial charge >= 0.3 is 0 Å². The number of anilines is 1. The van der Waals surface area contributed by atoms with E-state index in [0.29, 0.717) is 11.8 Å². The molecule has 0 spiro atoms. The molecule has 128 valence electrons. The SMILES string of the molecule is O=Cc1nc(CCCCNc2ccnc3cc(F)ccc23)ccc1O. The van der Waals surface area contributed by atoms with E-state index in [1.165, 1.54) is 18.2 Å². The van der Waals surface area contributed by atoms with Gasteiger partial charge in [-0.15, -0.1) is 0 Å². The number of hydrogen-bond acceptors (Lipinski definition) is 5. The number of carbonyl (C=O) groups is 1. The number of aromatic hydroxyl groups is 1. The van der Waals surface area contributed by atoms with Crippen LogP contribution in [0.4, 0.5) is 10.1 Å². The van der Waals surface area contributed by atoms with Crippen LogP contribution in [-0.4, -0.2) is 27.9 Å². The number of nitrogens with zero attached hydrogens (tertiary/aromatic N) is 2. The van der Waals surface area contributed by atoms with Gasteiger partial charge in [0.25, 0.3) is 0 Å². The largest absolute Gasteiger partial charge is 0.506 e. The number of rotatable bonds is 7. The standard InChI is InChI=1S/C19H18FN3O2/c20-13-4-6-15-16(8-10-22-17(15)11-13)21-9-2-1-3-14-5-7-19(25)18(12-24)23-14/h4-8,10-12,25H,1-3,9H2,(H,21,22). The van der Waals surface area contributed by atoms with Gasteiger partial charge in [-0.3, -0.25) is 9.78 Å². The number of aldehydes is 1. The average molecular weight is 339 g/mol. The van der Waals surface area contributed by atoms with Gasteiger partial charge in [0.15, 0.2) is 6.29 Å². The molecule has 0 bridgehead atoms.